The minimum absolute atomic E-state index is 0.647. The van der Waals surface area contributed by atoms with E-state index in [-0.39, 0.29) is 0 Å². The minimum atomic E-state index is -1.55. The summed E-state index contributed by atoms with van der Waals surface area (Å²) in [6, 6.07) is -8.38. The second-order valence-corrected chi connectivity index (χ2v) is 22.9. The van der Waals surface area contributed by atoms with E-state index in [0.29, 0.717) is 0 Å². The fourth-order valence-corrected chi connectivity index (χ4v) is 7.48. The number of carbonyl (C=O) groups excluding carboxylic acids is 12. The lowest BCUT2D eigenvalue weighted by Gasteiger charge is -2.30. The van der Waals surface area contributed by atoms with Crippen molar-refractivity contribution in [3.63, 3.8) is 0 Å². The van der Waals surface area contributed by atoms with Gasteiger partial charge in [0.05, 0.1) is 0 Å². The zero-order valence-corrected chi connectivity index (χ0v) is 49.5. The summed E-state index contributed by atoms with van der Waals surface area (Å²) in [5.74, 6) is -17.8. The molecule has 444 valence electrons. The molecule has 1 unspecified atom stereocenters. The molecule has 0 aromatic rings. The Bertz CT molecular complexity index is 1890. The Balaban J connectivity index is 3.87. The molecule has 0 radical (unpaired) electrons. The van der Waals surface area contributed by atoms with Gasteiger partial charge in [0.2, 0.25) is 0 Å². The highest BCUT2D eigenvalue weighted by Crippen LogP contribution is 2.19. The summed E-state index contributed by atoms with van der Waals surface area (Å²) in [4.78, 5) is 165. The first-order valence-electron chi connectivity index (χ1n) is 26.9. The SMILES string of the molecule is CC(C)C1OC(=O)[C@H](C(C)C)NC(=O)[C@H](C)OC(=O)[C@@H](C(C)C)NC(=O)[C@@H](C(C)C)OC(=O)[C@H](C(C)C)NC(=O)[C@H](C)OC(=O)[C@@H](C(C)C)NC(=O)[C@@H](C(C)C)OC(=O)[C@H](C(C)C)NC(=O)[C@H](C)OC(=O)[C@@H](C(C)C)NC1=O. The molecule has 24 heteroatoms. The largest absolute Gasteiger partial charge is 0.451 e. The summed E-state index contributed by atoms with van der Waals surface area (Å²) in [5.41, 5.74) is 0. The fraction of sp³-hybridized carbons (Fsp3) is 0.778. The number of hydrogen-bond donors (Lipinski definition) is 6. The molecule has 78 heavy (non-hydrogen) atoms. The number of esters is 6. The summed E-state index contributed by atoms with van der Waals surface area (Å²) in [5, 5.41) is 15.1. The molecule has 12 atom stereocenters. The summed E-state index contributed by atoms with van der Waals surface area (Å²) >= 11 is 0. The van der Waals surface area contributed by atoms with Crippen LogP contribution in [0, 0.1) is 53.3 Å². The van der Waals surface area contributed by atoms with Crippen LogP contribution in [0.5, 0.6) is 0 Å². The van der Waals surface area contributed by atoms with Gasteiger partial charge >= 0.3 is 35.8 Å². The number of amides is 6. The third-order valence-electron chi connectivity index (χ3n) is 12.6. The zero-order valence-electron chi connectivity index (χ0n) is 49.5. The van der Waals surface area contributed by atoms with Gasteiger partial charge in [0, 0.05) is 0 Å². The van der Waals surface area contributed by atoms with Gasteiger partial charge in [-0.3, -0.25) is 28.8 Å². The third kappa shape index (κ3) is 20.8. The van der Waals surface area contributed by atoms with E-state index in [1.54, 1.807) is 125 Å². The topological polar surface area (TPSA) is 332 Å². The molecule has 1 aliphatic heterocycles. The molecule has 1 rings (SSSR count). The molecule has 6 amide bonds. The van der Waals surface area contributed by atoms with Crippen molar-refractivity contribution in [1.29, 1.82) is 0 Å². The van der Waals surface area contributed by atoms with Gasteiger partial charge in [0.15, 0.2) is 36.6 Å². The molecule has 0 bridgehead atoms. The summed E-state index contributed by atoms with van der Waals surface area (Å²) in [7, 11) is 0. The Morgan fingerprint density at radius 2 is 0.372 bits per heavy atom. The summed E-state index contributed by atoms with van der Waals surface area (Å²) in [6.45, 7) is 32.1. The zero-order chi connectivity index (χ0) is 60.5. The number of carbonyl (C=O) groups is 12. The van der Waals surface area contributed by atoms with Crippen LogP contribution in [0.3, 0.4) is 0 Å². The van der Waals surface area contributed by atoms with Crippen molar-refractivity contribution in [3.05, 3.63) is 0 Å². The maximum Gasteiger partial charge on any atom is 0.329 e. The van der Waals surface area contributed by atoms with E-state index >= 15 is 0 Å². The highest BCUT2D eigenvalue weighted by atomic mass is 16.6. The molecule has 0 spiro atoms. The first-order valence-corrected chi connectivity index (χ1v) is 26.9. The van der Waals surface area contributed by atoms with E-state index in [1.165, 1.54) is 20.8 Å². The average molecular weight is 1110 g/mol. The lowest BCUT2D eigenvalue weighted by atomic mass is 10.0. The van der Waals surface area contributed by atoms with Gasteiger partial charge < -0.3 is 60.3 Å². The molecule has 0 saturated carbocycles. The quantitative estimate of drug-likeness (QED) is 0.143. The predicted octanol–water partition coefficient (Wildman–Crippen LogP) is 2.34. The highest BCUT2D eigenvalue weighted by Gasteiger charge is 2.42. The predicted molar refractivity (Wildman–Crippen MR) is 281 cm³/mol. The van der Waals surface area contributed by atoms with Crippen molar-refractivity contribution in [2.75, 3.05) is 0 Å². The van der Waals surface area contributed by atoms with Gasteiger partial charge in [0.25, 0.3) is 35.4 Å². The lowest BCUT2D eigenvalue weighted by Crippen LogP contribution is -2.56. The van der Waals surface area contributed by atoms with Crippen LogP contribution in [0.4, 0.5) is 0 Å². The third-order valence-corrected chi connectivity index (χ3v) is 12.6. The number of rotatable bonds is 9. The Morgan fingerprint density at radius 3 is 0.513 bits per heavy atom. The van der Waals surface area contributed by atoms with Crippen LogP contribution < -0.4 is 31.9 Å². The van der Waals surface area contributed by atoms with Crippen LogP contribution in [-0.2, 0) is 86.0 Å². The Labute approximate surface area is 459 Å². The molecule has 1 aliphatic rings. The number of nitrogens with one attached hydrogen (secondary N) is 6. The van der Waals surface area contributed by atoms with Gasteiger partial charge in [-0.25, -0.2) is 28.8 Å². The van der Waals surface area contributed by atoms with Crippen molar-refractivity contribution in [2.45, 2.75) is 218 Å². The molecule has 1 heterocycles. The smallest absolute Gasteiger partial charge is 0.329 e. The van der Waals surface area contributed by atoms with E-state index in [1.807, 2.05) is 0 Å². The maximum atomic E-state index is 13.9. The van der Waals surface area contributed by atoms with Crippen LogP contribution in [0.1, 0.15) is 145 Å². The minimum Gasteiger partial charge on any atom is -0.451 e. The summed E-state index contributed by atoms with van der Waals surface area (Å²) in [6.07, 6.45) is -9.25. The van der Waals surface area contributed by atoms with Crippen LogP contribution in [0.15, 0.2) is 0 Å². The average Bonchev–Trinajstić information content (AvgIpc) is 3.31. The van der Waals surface area contributed by atoms with Crippen LogP contribution in [0.2, 0.25) is 0 Å². The molecule has 1 fully saturated rings. The highest BCUT2D eigenvalue weighted by molar-refractivity contribution is 5.96. The van der Waals surface area contributed by atoms with Crippen LogP contribution >= 0.6 is 0 Å². The standard InChI is InChI=1S/C54H90N6O18/c1-22(2)34-49(67)73-31(19)43(61)55-38(26(9)10)53(71)77-41(29(15)16)47(65)59-36(24(5)6)51(69)75-33(21)45(63)57-39(27(11)12)54(72)78-42(30(17)18)48(66)60-35(23(3)4)50(68)74-32(20)44(62)56-37(25(7)8)52(70)76-40(28(13)14)46(64)58-34/h22-42H,1-21H3,(H,55,61)(H,56,62)(H,57,63)(H,58,64)(H,59,65)(H,60,66)/t31-,32-,33-,34+,35+,36+,37-,38-,39-,40+,41+,42?/m0/s1. The van der Waals surface area contributed by atoms with E-state index in [0.717, 1.165) is 0 Å². The summed E-state index contributed by atoms with van der Waals surface area (Å²) < 4.78 is 33.5. The Hall–Kier alpha value is -6.36. The van der Waals surface area contributed by atoms with E-state index in [4.69, 9.17) is 28.4 Å². The normalized spacial score (nSPS) is 28.8. The second kappa shape index (κ2) is 31.3. The second-order valence-electron chi connectivity index (χ2n) is 22.9. The number of cyclic esters (lactones) is 6. The van der Waals surface area contributed by atoms with Crippen molar-refractivity contribution in [3.8, 4) is 0 Å². The molecule has 0 aromatic heterocycles. The lowest BCUT2D eigenvalue weighted by molar-refractivity contribution is -0.167. The molecule has 24 nitrogen and oxygen atoms in total. The number of ether oxygens (including phenoxy) is 6. The van der Waals surface area contributed by atoms with Gasteiger partial charge in [-0.1, -0.05) is 125 Å². The van der Waals surface area contributed by atoms with Crippen molar-refractivity contribution >= 4 is 71.3 Å². The number of hydrogen-bond acceptors (Lipinski definition) is 18. The Kier molecular flexibility index (Phi) is 27.9. The maximum absolute atomic E-state index is 13.9. The molecule has 0 aliphatic carbocycles. The van der Waals surface area contributed by atoms with E-state index < -0.39 is 197 Å². The van der Waals surface area contributed by atoms with Crippen molar-refractivity contribution < 1.29 is 86.0 Å². The van der Waals surface area contributed by atoms with Crippen LogP contribution in [0.25, 0.3) is 0 Å². The van der Waals surface area contributed by atoms with Gasteiger partial charge in [-0.2, -0.15) is 0 Å². The molecular formula is C54H90N6O18. The van der Waals surface area contributed by atoms with Gasteiger partial charge in [0.1, 0.15) is 36.3 Å². The molecular weight excluding hydrogens is 1020 g/mol. The van der Waals surface area contributed by atoms with E-state index in [2.05, 4.69) is 31.9 Å². The van der Waals surface area contributed by atoms with Gasteiger partial charge in [-0.15, -0.1) is 0 Å². The molecule has 1 saturated heterocycles. The molecule has 6 N–H and O–H groups in total. The molecule has 0 aromatic carbocycles. The van der Waals surface area contributed by atoms with E-state index in [9.17, 15) is 57.5 Å². The fourth-order valence-electron chi connectivity index (χ4n) is 7.48. The van der Waals surface area contributed by atoms with Crippen molar-refractivity contribution in [2.24, 2.45) is 53.3 Å². The first-order chi connectivity index (χ1) is 35.9. The van der Waals surface area contributed by atoms with Crippen LogP contribution in [-0.4, -0.2) is 144 Å². The monoisotopic (exact) mass is 1110 g/mol. The van der Waals surface area contributed by atoms with Gasteiger partial charge in [-0.05, 0) is 74.0 Å². The first kappa shape index (κ1) is 69.7. The van der Waals surface area contributed by atoms with Crippen molar-refractivity contribution in [1.82, 2.24) is 31.9 Å². The Morgan fingerprint density at radius 1 is 0.231 bits per heavy atom.